The molecule has 4 aromatic rings. The Morgan fingerprint density at radius 3 is 2.71 bits per heavy atom. The topological polar surface area (TPSA) is 75.4 Å². The van der Waals surface area contributed by atoms with Crippen molar-refractivity contribution in [2.75, 3.05) is 6.54 Å². The monoisotopic (exact) mass is 373 g/mol. The molecule has 0 unspecified atom stereocenters. The summed E-state index contributed by atoms with van der Waals surface area (Å²) in [5.41, 5.74) is 4.29. The maximum atomic E-state index is 13.0. The third-order valence-corrected chi connectivity index (χ3v) is 5.30. The molecule has 5 rings (SSSR count). The molecule has 1 aliphatic rings. The van der Waals surface area contributed by atoms with Crippen molar-refractivity contribution in [2.45, 2.75) is 13.0 Å². The highest BCUT2D eigenvalue weighted by atomic mass is 16.2. The number of rotatable bonds is 2. The minimum Gasteiger partial charge on any atom is -0.347 e. The number of carbonyl (C=O) groups excluding carboxylic acids is 1. The molecule has 140 valence electrons. The Kier molecular flexibility index (Phi) is 3.68. The summed E-state index contributed by atoms with van der Waals surface area (Å²) in [6, 6.07) is 15.4. The normalized spacial score (nSPS) is 13.7. The van der Waals surface area contributed by atoms with Crippen LogP contribution in [0.2, 0.25) is 0 Å². The van der Waals surface area contributed by atoms with Gasteiger partial charge in [-0.1, -0.05) is 30.3 Å². The number of aromatic nitrogens is 4. The predicted octanol–water partition coefficient (Wildman–Crippen LogP) is 2.23. The number of aromatic amines is 1. The number of carbonyl (C=O) groups is 1. The highest BCUT2D eigenvalue weighted by Crippen LogP contribution is 2.21. The summed E-state index contributed by atoms with van der Waals surface area (Å²) >= 11 is 0. The van der Waals surface area contributed by atoms with E-state index in [0.717, 1.165) is 11.3 Å². The largest absolute Gasteiger partial charge is 0.347 e. The van der Waals surface area contributed by atoms with Crippen molar-refractivity contribution in [2.24, 2.45) is 7.05 Å². The minimum absolute atomic E-state index is 0.0424. The highest BCUT2D eigenvalue weighted by Gasteiger charge is 2.27. The number of nitrogens with zero attached hydrogens (tertiary/aromatic N) is 4. The zero-order valence-corrected chi connectivity index (χ0v) is 15.4. The second-order valence-electron chi connectivity index (χ2n) is 7.05. The first-order valence-electron chi connectivity index (χ1n) is 9.21. The van der Waals surface area contributed by atoms with Crippen LogP contribution in [-0.4, -0.2) is 36.5 Å². The zero-order valence-electron chi connectivity index (χ0n) is 15.4. The summed E-state index contributed by atoms with van der Waals surface area (Å²) < 4.78 is 3.30. The van der Waals surface area contributed by atoms with Gasteiger partial charge in [-0.15, -0.1) is 0 Å². The average molecular weight is 373 g/mol. The van der Waals surface area contributed by atoms with Crippen LogP contribution < -0.4 is 5.56 Å². The van der Waals surface area contributed by atoms with Crippen LogP contribution in [0.1, 0.15) is 21.7 Å². The lowest BCUT2D eigenvalue weighted by Crippen LogP contribution is -2.40. The van der Waals surface area contributed by atoms with E-state index in [1.165, 1.54) is 4.52 Å². The van der Waals surface area contributed by atoms with E-state index in [0.29, 0.717) is 42.1 Å². The van der Waals surface area contributed by atoms with Crippen molar-refractivity contribution in [3.63, 3.8) is 0 Å². The van der Waals surface area contributed by atoms with Gasteiger partial charge < -0.3 is 9.47 Å². The Labute approximate surface area is 160 Å². The van der Waals surface area contributed by atoms with Crippen LogP contribution >= 0.6 is 0 Å². The molecule has 0 radical (unpaired) electrons. The fourth-order valence-electron chi connectivity index (χ4n) is 3.78. The summed E-state index contributed by atoms with van der Waals surface area (Å²) in [6.07, 6.45) is 2.35. The smallest absolute Gasteiger partial charge is 0.276 e. The molecule has 1 aromatic carbocycles. The van der Waals surface area contributed by atoms with E-state index in [1.807, 2.05) is 66.3 Å². The van der Waals surface area contributed by atoms with Crippen molar-refractivity contribution in [1.29, 1.82) is 0 Å². The number of amides is 1. The van der Waals surface area contributed by atoms with Crippen LogP contribution in [0.5, 0.6) is 0 Å². The molecule has 0 aliphatic carbocycles. The molecule has 0 fully saturated rings. The molecule has 28 heavy (non-hydrogen) atoms. The van der Waals surface area contributed by atoms with Crippen molar-refractivity contribution >= 4 is 11.6 Å². The number of hydrogen-bond donors (Lipinski definition) is 1. The number of fused-ring (bicyclic) bond motifs is 2. The van der Waals surface area contributed by atoms with Gasteiger partial charge in [0.25, 0.3) is 11.5 Å². The fraction of sp³-hybridized carbons (Fsp3) is 0.190. The van der Waals surface area contributed by atoms with Gasteiger partial charge in [0, 0.05) is 31.4 Å². The first-order chi connectivity index (χ1) is 13.6. The Morgan fingerprint density at radius 1 is 1.14 bits per heavy atom. The molecular formula is C21H19N5O2. The Morgan fingerprint density at radius 2 is 1.96 bits per heavy atom. The van der Waals surface area contributed by atoms with E-state index in [4.69, 9.17) is 4.98 Å². The summed E-state index contributed by atoms with van der Waals surface area (Å²) in [5.74, 6) is -0.0424. The van der Waals surface area contributed by atoms with Gasteiger partial charge in [0.05, 0.1) is 17.9 Å². The third kappa shape index (κ3) is 2.55. The number of hydrogen-bond acceptors (Lipinski definition) is 3. The fourth-order valence-corrected chi connectivity index (χ4v) is 3.78. The molecule has 0 atom stereocenters. The lowest BCUT2D eigenvalue weighted by atomic mass is 10.1. The van der Waals surface area contributed by atoms with Crippen LogP contribution in [0, 0.1) is 0 Å². The predicted molar refractivity (Wildman–Crippen MR) is 105 cm³/mol. The maximum Gasteiger partial charge on any atom is 0.276 e. The van der Waals surface area contributed by atoms with Gasteiger partial charge in [-0.05, 0) is 24.1 Å². The van der Waals surface area contributed by atoms with Gasteiger partial charge in [0.15, 0.2) is 5.65 Å². The summed E-state index contributed by atoms with van der Waals surface area (Å²) in [5, 5.41) is 3.15. The molecule has 7 nitrogen and oxygen atoms in total. The number of aryl methyl sites for hydroxylation is 1. The lowest BCUT2D eigenvalue weighted by Gasteiger charge is -2.27. The van der Waals surface area contributed by atoms with Gasteiger partial charge in [-0.3, -0.25) is 14.7 Å². The molecule has 0 bridgehead atoms. The van der Waals surface area contributed by atoms with Crippen LogP contribution in [0.3, 0.4) is 0 Å². The van der Waals surface area contributed by atoms with Crippen molar-refractivity contribution in [1.82, 2.24) is 24.1 Å². The van der Waals surface area contributed by atoms with Crippen LogP contribution in [0.4, 0.5) is 0 Å². The molecule has 0 spiro atoms. The third-order valence-electron chi connectivity index (χ3n) is 5.30. The first kappa shape index (κ1) is 16.6. The van der Waals surface area contributed by atoms with E-state index >= 15 is 0 Å². The molecule has 1 aliphatic heterocycles. The Balaban J connectivity index is 1.54. The molecule has 0 saturated carbocycles. The van der Waals surface area contributed by atoms with Gasteiger partial charge in [0.2, 0.25) is 0 Å². The zero-order chi connectivity index (χ0) is 19.3. The van der Waals surface area contributed by atoms with Gasteiger partial charge in [0.1, 0.15) is 5.69 Å². The minimum atomic E-state index is -0.0897. The first-order valence-corrected chi connectivity index (χ1v) is 9.21. The summed E-state index contributed by atoms with van der Waals surface area (Å²) in [7, 11) is 1.85. The summed E-state index contributed by atoms with van der Waals surface area (Å²) in [4.78, 5) is 32.2. The maximum absolute atomic E-state index is 13.0. The lowest BCUT2D eigenvalue weighted by molar-refractivity contribution is 0.0721. The number of benzene rings is 1. The van der Waals surface area contributed by atoms with Gasteiger partial charge >= 0.3 is 0 Å². The Hall–Kier alpha value is -3.61. The highest BCUT2D eigenvalue weighted by molar-refractivity contribution is 5.92. The molecular weight excluding hydrogens is 354 g/mol. The van der Waals surface area contributed by atoms with Gasteiger partial charge in [-0.25, -0.2) is 9.50 Å². The van der Waals surface area contributed by atoms with Crippen LogP contribution in [-0.2, 0) is 20.0 Å². The van der Waals surface area contributed by atoms with Crippen LogP contribution in [0.15, 0.2) is 59.5 Å². The molecule has 4 heterocycles. The van der Waals surface area contributed by atoms with Crippen molar-refractivity contribution < 1.29 is 4.79 Å². The van der Waals surface area contributed by atoms with E-state index in [9.17, 15) is 9.59 Å². The molecule has 0 saturated heterocycles. The molecule has 1 amide bonds. The quantitative estimate of drug-likeness (QED) is 0.585. The van der Waals surface area contributed by atoms with E-state index in [2.05, 4.69) is 5.10 Å². The second-order valence-corrected chi connectivity index (χ2v) is 7.05. The number of H-pyrrole nitrogens is 1. The van der Waals surface area contributed by atoms with Crippen molar-refractivity contribution in [3.05, 3.63) is 82.0 Å². The second kappa shape index (κ2) is 6.23. The molecule has 7 heteroatoms. The van der Waals surface area contributed by atoms with E-state index in [1.54, 1.807) is 4.90 Å². The standard InChI is InChI=1S/C21H19N5O2/c1-24-10-5-8-18(24)21(28)25-11-9-15-17(13-25)22-19-12-16(23-26(19)20(15)27)14-6-3-2-4-7-14/h2-8,10,12,23H,9,11,13H2,1H3. The van der Waals surface area contributed by atoms with Gasteiger partial charge in [-0.2, -0.15) is 0 Å². The molecule has 3 aromatic heterocycles. The van der Waals surface area contributed by atoms with Crippen molar-refractivity contribution in [3.8, 4) is 11.3 Å². The van der Waals surface area contributed by atoms with Crippen LogP contribution in [0.25, 0.3) is 16.9 Å². The Bertz CT molecular complexity index is 1250. The summed E-state index contributed by atoms with van der Waals surface area (Å²) in [6.45, 7) is 0.850. The van der Waals surface area contributed by atoms with E-state index < -0.39 is 0 Å². The van der Waals surface area contributed by atoms with E-state index in [-0.39, 0.29) is 11.5 Å². The number of nitrogens with one attached hydrogen (secondary N) is 1. The molecule has 1 N–H and O–H groups in total. The SMILES string of the molecule is Cn1cccc1C(=O)N1CCc2c(nc3cc(-c4ccccc4)[nH]n3c2=O)C1. The average Bonchev–Trinajstić information content (AvgIpc) is 3.34.